The van der Waals surface area contributed by atoms with Crippen LogP contribution in [0.3, 0.4) is 0 Å². The van der Waals surface area contributed by atoms with Crippen LogP contribution < -0.4 is 0 Å². The second kappa shape index (κ2) is 5.90. The molecule has 74 valence electrons. The predicted octanol–water partition coefficient (Wildman–Crippen LogP) is 5.26. The Morgan fingerprint density at radius 3 is 2.77 bits per heavy atom. The van der Waals surface area contributed by atoms with Crippen molar-refractivity contribution in [3.8, 4) is 0 Å². The molecule has 0 saturated heterocycles. The first-order chi connectivity index (χ1) is 6.25. The number of halogens is 2. The van der Waals surface area contributed by atoms with Gasteiger partial charge in [0, 0.05) is 4.88 Å². The monoisotopic (exact) mass is 236 g/mol. The standard InChI is InChI=1S/C10H14Cl2S/c1-2-3-4-5-8(11)10-9(12)6-7-13-10/h6-8H,2-5H2,1H3. The van der Waals surface area contributed by atoms with Crippen molar-refractivity contribution in [2.24, 2.45) is 0 Å². The summed E-state index contributed by atoms with van der Waals surface area (Å²) in [6.07, 6.45) is 4.72. The summed E-state index contributed by atoms with van der Waals surface area (Å²) in [6.45, 7) is 2.20. The molecule has 0 aliphatic carbocycles. The fraction of sp³-hybridized carbons (Fsp3) is 0.600. The second-order valence-corrected chi connectivity index (χ2v) is 4.98. The molecule has 0 amide bonds. The lowest BCUT2D eigenvalue weighted by atomic mass is 10.1. The van der Waals surface area contributed by atoms with Crippen molar-refractivity contribution in [3.63, 3.8) is 0 Å². The fourth-order valence-corrected chi connectivity index (χ4v) is 2.92. The number of rotatable bonds is 5. The summed E-state index contributed by atoms with van der Waals surface area (Å²) in [5.74, 6) is 0. The van der Waals surface area contributed by atoms with Crippen LogP contribution in [-0.4, -0.2) is 0 Å². The van der Waals surface area contributed by atoms with Crippen LogP contribution in [0.5, 0.6) is 0 Å². The zero-order valence-electron chi connectivity index (χ0n) is 7.72. The van der Waals surface area contributed by atoms with Gasteiger partial charge in [0.25, 0.3) is 0 Å². The van der Waals surface area contributed by atoms with Gasteiger partial charge in [0.2, 0.25) is 0 Å². The van der Waals surface area contributed by atoms with E-state index in [-0.39, 0.29) is 5.38 Å². The summed E-state index contributed by atoms with van der Waals surface area (Å²) in [7, 11) is 0. The third-order valence-corrected chi connectivity index (χ3v) is 4.03. The van der Waals surface area contributed by atoms with Crippen LogP contribution in [0.25, 0.3) is 0 Å². The van der Waals surface area contributed by atoms with Crippen molar-refractivity contribution in [2.75, 3.05) is 0 Å². The zero-order valence-corrected chi connectivity index (χ0v) is 10.1. The van der Waals surface area contributed by atoms with Crippen LogP contribution in [0.15, 0.2) is 11.4 Å². The van der Waals surface area contributed by atoms with E-state index in [1.807, 2.05) is 11.4 Å². The summed E-state index contributed by atoms with van der Waals surface area (Å²) in [6, 6.07) is 1.91. The van der Waals surface area contributed by atoms with Crippen molar-refractivity contribution >= 4 is 34.5 Å². The number of alkyl halides is 1. The maximum absolute atomic E-state index is 6.21. The molecule has 3 heteroatoms. The lowest BCUT2D eigenvalue weighted by Crippen LogP contribution is -1.87. The van der Waals surface area contributed by atoms with Gasteiger partial charge in [0.15, 0.2) is 0 Å². The lowest BCUT2D eigenvalue weighted by molar-refractivity contribution is 0.659. The molecule has 0 aromatic carbocycles. The molecule has 0 nitrogen and oxygen atoms in total. The van der Waals surface area contributed by atoms with Gasteiger partial charge >= 0.3 is 0 Å². The van der Waals surface area contributed by atoms with E-state index in [4.69, 9.17) is 23.2 Å². The predicted molar refractivity (Wildman–Crippen MR) is 62.1 cm³/mol. The van der Waals surface area contributed by atoms with E-state index in [1.165, 1.54) is 19.3 Å². The molecule has 1 aromatic rings. The Hall–Kier alpha value is 0.280. The summed E-state index contributed by atoms with van der Waals surface area (Å²) < 4.78 is 0. The molecule has 1 atom stereocenters. The molecule has 0 fully saturated rings. The SMILES string of the molecule is CCCCCC(Cl)c1sccc1Cl. The maximum atomic E-state index is 6.21. The van der Waals surface area contributed by atoms with Crippen molar-refractivity contribution in [1.29, 1.82) is 0 Å². The first kappa shape index (κ1) is 11.4. The third-order valence-electron chi connectivity index (χ3n) is 1.99. The highest BCUT2D eigenvalue weighted by Crippen LogP contribution is 2.35. The van der Waals surface area contributed by atoms with Crippen molar-refractivity contribution in [1.82, 2.24) is 0 Å². The topological polar surface area (TPSA) is 0 Å². The van der Waals surface area contributed by atoms with E-state index in [0.717, 1.165) is 16.3 Å². The Morgan fingerprint density at radius 1 is 1.46 bits per heavy atom. The molecule has 1 heterocycles. The lowest BCUT2D eigenvalue weighted by Gasteiger charge is -2.06. The minimum Gasteiger partial charge on any atom is -0.146 e. The number of hydrogen-bond acceptors (Lipinski definition) is 1. The van der Waals surface area contributed by atoms with Crippen LogP contribution in [0, 0.1) is 0 Å². The van der Waals surface area contributed by atoms with E-state index >= 15 is 0 Å². The van der Waals surface area contributed by atoms with Crippen LogP contribution in [-0.2, 0) is 0 Å². The zero-order chi connectivity index (χ0) is 9.68. The highest BCUT2D eigenvalue weighted by molar-refractivity contribution is 7.11. The Bertz CT molecular complexity index is 245. The van der Waals surface area contributed by atoms with Gasteiger partial charge in [-0.3, -0.25) is 0 Å². The Kier molecular flexibility index (Phi) is 5.15. The summed E-state index contributed by atoms with van der Waals surface area (Å²) in [4.78, 5) is 1.12. The summed E-state index contributed by atoms with van der Waals surface area (Å²) >= 11 is 13.8. The second-order valence-electron chi connectivity index (χ2n) is 3.10. The van der Waals surface area contributed by atoms with Crippen LogP contribution >= 0.6 is 34.5 Å². The number of hydrogen-bond donors (Lipinski definition) is 0. The van der Waals surface area contributed by atoms with Crippen molar-refractivity contribution < 1.29 is 0 Å². The molecule has 0 aliphatic rings. The van der Waals surface area contributed by atoms with E-state index in [1.54, 1.807) is 11.3 Å². The van der Waals surface area contributed by atoms with Gasteiger partial charge in [-0.15, -0.1) is 22.9 Å². The van der Waals surface area contributed by atoms with Gasteiger partial charge < -0.3 is 0 Å². The van der Waals surface area contributed by atoms with E-state index in [2.05, 4.69) is 6.92 Å². The molecule has 0 N–H and O–H groups in total. The number of thiophene rings is 1. The van der Waals surface area contributed by atoms with Gasteiger partial charge in [0.05, 0.1) is 10.4 Å². The molecule has 0 spiro atoms. The molecule has 0 radical (unpaired) electrons. The highest BCUT2D eigenvalue weighted by atomic mass is 35.5. The van der Waals surface area contributed by atoms with Gasteiger partial charge in [0.1, 0.15) is 0 Å². The molecule has 1 unspecified atom stereocenters. The Balaban J connectivity index is 2.39. The summed E-state index contributed by atoms with van der Waals surface area (Å²) in [5.41, 5.74) is 0. The Morgan fingerprint density at radius 2 is 2.23 bits per heavy atom. The molecule has 1 aromatic heterocycles. The van der Waals surface area contributed by atoms with E-state index < -0.39 is 0 Å². The average Bonchev–Trinajstić information content (AvgIpc) is 2.52. The third kappa shape index (κ3) is 3.49. The van der Waals surface area contributed by atoms with Crippen molar-refractivity contribution in [3.05, 3.63) is 21.3 Å². The van der Waals surface area contributed by atoms with E-state index in [9.17, 15) is 0 Å². The summed E-state index contributed by atoms with van der Waals surface area (Å²) in [5, 5.41) is 2.92. The minimum absolute atomic E-state index is 0.110. The smallest absolute Gasteiger partial charge is 0.0693 e. The van der Waals surface area contributed by atoms with Crippen LogP contribution in [0.1, 0.15) is 42.9 Å². The first-order valence-electron chi connectivity index (χ1n) is 4.62. The minimum atomic E-state index is 0.110. The molecular weight excluding hydrogens is 223 g/mol. The largest absolute Gasteiger partial charge is 0.146 e. The Labute approximate surface area is 93.9 Å². The quantitative estimate of drug-likeness (QED) is 0.484. The fourth-order valence-electron chi connectivity index (χ4n) is 1.23. The number of unbranched alkanes of at least 4 members (excludes halogenated alkanes) is 2. The highest BCUT2D eigenvalue weighted by Gasteiger charge is 2.12. The van der Waals surface area contributed by atoms with Crippen LogP contribution in [0.2, 0.25) is 5.02 Å². The maximum Gasteiger partial charge on any atom is 0.0693 e. The normalized spacial score (nSPS) is 13.2. The van der Waals surface area contributed by atoms with Gasteiger partial charge in [-0.05, 0) is 17.9 Å². The van der Waals surface area contributed by atoms with Gasteiger partial charge in [-0.1, -0.05) is 37.8 Å². The molecule has 1 rings (SSSR count). The molecular formula is C10H14Cl2S. The van der Waals surface area contributed by atoms with Crippen molar-refractivity contribution in [2.45, 2.75) is 38.0 Å². The van der Waals surface area contributed by atoms with Gasteiger partial charge in [-0.2, -0.15) is 0 Å². The average molecular weight is 237 g/mol. The molecule has 0 bridgehead atoms. The first-order valence-corrected chi connectivity index (χ1v) is 6.32. The molecule has 0 aliphatic heterocycles. The van der Waals surface area contributed by atoms with Crippen LogP contribution in [0.4, 0.5) is 0 Å². The van der Waals surface area contributed by atoms with E-state index in [0.29, 0.717) is 0 Å². The van der Waals surface area contributed by atoms with Gasteiger partial charge in [-0.25, -0.2) is 0 Å². The molecule has 0 saturated carbocycles. The molecule has 13 heavy (non-hydrogen) atoms.